The van der Waals surface area contributed by atoms with E-state index in [1.807, 2.05) is 6.20 Å². The van der Waals surface area contributed by atoms with Gasteiger partial charge in [-0.15, -0.1) is 11.3 Å². The summed E-state index contributed by atoms with van der Waals surface area (Å²) in [5, 5.41) is 4.53. The molecule has 0 aliphatic carbocycles. The molecule has 0 saturated carbocycles. The maximum absolute atomic E-state index is 5.82. The van der Waals surface area contributed by atoms with Crippen molar-refractivity contribution >= 4 is 11.3 Å². The van der Waals surface area contributed by atoms with Crippen LogP contribution in [0.5, 0.6) is 0 Å². The highest BCUT2D eigenvalue weighted by Crippen LogP contribution is 2.26. The van der Waals surface area contributed by atoms with E-state index in [0.717, 1.165) is 44.3 Å². The molecular weight excluding hydrogens is 246 g/mol. The number of hydrogen-bond acceptors (Lipinski definition) is 5. The van der Waals surface area contributed by atoms with E-state index in [1.165, 1.54) is 11.3 Å². The molecule has 1 unspecified atom stereocenters. The molecule has 5 heteroatoms. The minimum Gasteiger partial charge on any atom is -0.368 e. The molecular formula is C13H23N3OS. The Balaban J connectivity index is 1.88. The molecule has 0 amide bonds. The first-order valence-corrected chi connectivity index (χ1v) is 7.64. The van der Waals surface area contributed by atoms with Crippen molar-refractivity contribution < 1.29 is 4.74 Å². The van der Waals surface area contributed by atoms with Gasteiger partial charge in [-0.05, 0) is 19.5 Å². The molecule has 0 bridgehead atoms. The van der Waals surface area contributed by atoms with Crippen molar-refractivity contribution in [3.05, 3.63) is 16.1 Å². The standard InChI is InChI=1S/C13H23N3OS/c1-3-5-14-8-11-9-15-13(18-11)12-10-16(4-2)6-7-17-12/h9,12,14H,3-8,10H2,1-2H3. The fraction of sp³-hybridized carbons (Fsp3) is 0.769. The monoisotopic (exact) mass is 269 g/mol. The van der Waals surface area contributed by atoms with Gasteiger partial charge in [0.1, 0.15) is 11.1 Å². The van der Waals surface area contributed by atoms with Crippen LogP contribution in [0.25, 0.3) is 0 Å². The summed E-state index contributed by atoms with van der Waals surface area (Å²) in [6, 6.07) is 0. The first-order chi connectivity index (χ1) is 8.83. The van der Waals surface area contributed by atoms with Crippen LogP contribution in [0.2, 0.25) is 0 Å². The number of aromatic nitrogens is 1. The van der Waals surface area contributed by atoms with Crippen LogP contribution in [-0.2, 0) is 11.3 Å². The van der Waals surface area contributed by atoms with Crippen molar-refractivity contribution in [2.45, 2.75) is 32.9 Å². The highest BCUT2D eigenvalue weighted by molar-refractivity contribution is 7.11. The maximum Gasteiger partial charge on any atom is 0.123 e. The first kappa shape index (κ1) is 13.9. The van der Waals surface area contributed by atoms with E-state index in [4.69, 9.17) is 4.74 Å². The fourth-order valence-electron chi connectivity index (χ4n) is 2.08. The maximum atomic E-state index is 5.82. The Morgan fingerprint density at radius 1 is 1.56 bits per heavy atom. The minimum absolute atomic E-state index is 0.170. The third kappa shape index (κ3) is 3.75. The highest BCUT2D eigenvalue weighted by Gasteiger charge is 2.23. The second-order valence-corrected chi connectivity index (χ2v) is 5.74. The second-order valence-electron chi connectivity index (χ2n) is 4.59. The predicted octanol–water partition coefficient (Wildman–Crippen LogP) is 2.04. The summed E-state index contributed by atoms with van der Waals surface area (Å²) in [6.07, 6.45) is 3.32. The summed E-state index contributed by atoms with van der Waals surface area (Å²) >= 11 is 1.78. The summed E-state index contributed by atoms with van der Waals surface area (Å²) in [6.45, 7) is 10.3. The van der Waals surface area contributed by atoms with Crippen molar-refractivity contribution in [1.82, 2.24) is 15.2 Å². The van der Waals surface area contributed by atoms with E-state index in [-0.39, 0.29) is 6.10 Å². The van der Waals surface area contributed by atoms with Crippen LogP contribution in [0.15, 0.2) is 6.20 Å². The number of ether oxygens (including phenoxy) is 1. The van der Waals surface area contributed by atoms with Crippen molar-refractivity contribution in [2.24, 2.45) is 0 Å². The smallest absolute Gasteiger partial charge is 0.123 e. The van der Waals surface area contributed by atoms with Crippen molar-refractivity contribution in [3.63, 3.8) is 0 Å². The van der Waals surface area contributed by atoms with Gasteiger partial charge in [0, 0.05) is 30.7 Å². The van der Waals surface area contributed by atoms with Gasteiger partial charge in [-0.1, -0.05) is 13.8 Å². The van der Waals surface area contributed by atoms with Crippen LogP contribution in [0.1, 0.15) is 36.3 Å². The Morgan fingerprint density at radius 2 is 2.44 bits per heavy atom. The molecule has 2 heterocycles. The molecule has 4 nitrogen and oxygen atoms in total. The normalized spacial score (nSPS) is 21.3. The zero-order valence-corrected chi connectivity index (χ0v) is 12.1. The fourth-order valence-corrected chi connectivity index (χ4v) is 3.01. The van der Waals surface area contributed by atoms with Crippen LogP contribution in [0, 0.1) is 0 Å². The average Bonchev–Trinajstić information content (AvgIpc) is 2.88. The molecule has 1 saturated heterocycles. The predicted molar refractivity (Wildman–Crippen MR) is 74.9 cm³/mol. The Hall–Kier alpha value is -0.490. The van der Waals surface area contributed by atoms with E-state index < -0.39 is 0 Å². The van der Waals surface area contributed by atoms with Gasteiger partial charge in [0.05, 0.1) is 6.61 Å². The zero-order valence-electron chi connectivity index (χ0n) is 11.3. The van der Waals surface area contributed by atoms with Crippen LogP contribution < -0.4 is 5.32 Å². The molecule has 1 fully saturated rings. The highest BCUT2D eigenvalue weighted by atomic mass is 32.1. The van der Waals surface area contributed by atoms with E-state index in [1.54, 1.807) is 11.3 Å². The summed E-state index contributed by atoms with van der Waals surface area (Å²) < 4.78 is 5.82. The molecule has 2 rings (SSSR count). The van der Waals surface area contributed by atoms with E-state index >= 15 is 0 Å². The molecule has 1 N–H and O–H groups in total. The number of rotatable bonds is 6. The number of morpholine rings is 1. The SMILES string of the molecule is CCCNCc1cnc(C2CN(CC)CCO2)s1. The Morgan fingerprint density at radius 3 is 3.22 bits per heavy atom. The second kappa shape index (κ2) is 7.19. The van der Waals surface area contributed by atoms with Gasteiger partial charge in [0.2, 0.25) is 0 Å². The summed E-state index contributed by atoms with van der Waals surface area (Å²) in [5.74, 6) is 0. The molecule has 0 aromatic carbocycles. The number of nitrogens with one attached hydrogen (secondary N) is 1. The van der Waals surface area contributed by atoms with E-state index in [0.29, 0.717) is 0 Å². The third-order valence-electron chi connectivity index (χ3n) is 3.17. The van der Waals surface area contributed by atoms with E-state index in [9.17, 15) is 0 Å². The third-order valence-corrected chi connectivity index (χ3v) is 4.26. The summed E-state index contributed by atoms with van der Waals surface area (Å²) in [5.41, 5.74) is 0. The molecule has 1 aliphatic rings. The van der Waals surface area contributed by atoms with Gasteiger partial charge < -0.3 is 10.1 Å². The first-order valence-electron chi connectivity index (χ1n) is 6.82. The number of thiazole rings is 1. The molecule has 0 radical (unpaired) electrons. The Kier molecular flexibility index (Phi) is 5.56. The van der Waals surface area contributed by atoms with Crippen LogP contribution in [-0.4, -0.2) is 42.7 Å². The van der Waals surface area contributed by atoms with Crippen molar-refractivity contribution in [1.29, 1.82) is 0 Å². The molecule has 1 aliphatic heterocycles. The minimum atomic E-state index is 0.170. The van der Waals surface area contributed by atoms with Gasteiger partial charge >= 0.3 is 0 Å². The van der Waals surface area contributed by atoms with Gasteiger partial charge in [0.25, 0.3) is 0 Å². The Labute approximate surface area is 113 Å². The van der Waals surface area contributed by atoms with Gasteiger partial charge in [-0.3, -0.25) is 4.90 Å². The van der Waals surface area contributed by atoms with Crippen molar-refractivity contribution in [3.8, 4) is 0 Å². The lowest BCUT2D eigenvalue weighted by atomic mass is 10.3. The van der Waals surface area contributed by atoms with Gasteiger partial charge in [-0.2, -0.15) is 0 Å². The number of likely N-dealkylation sites (N-methyl/N-ethyl adjacent to an activating group) is 1. The molecule has 1 aromatic heterocycles. The van der Waals surface area contributed by atoms with Crippen molar-refractivity contribution in [2.75, 3.05) is 32.8 Å². The van der Waals surface area contributed by atoms with Crippen LogP contribution in [0.3, 0.4) is 0 Å². The molecule has 1 aromatic rings. The van der Waals surface area contributed by atoms with E-state index in [2.05, 4.69) is 29.0 Å². The van der Waals surface area contributed by atoms with Crippen LogP contribution in [0.4, 0.5) is 0 Å². The number of nitrogens with zero attached hydrogens (tertiary/aromatic N) is 2. The lowest BCUT2D eigenvalue weighted by Gasteiger charge is -2.30. The topological polar surface area (TPSA) is 37.4 Å². The lowest BCUT2D eigenvalue weighted by Crippen LogP contribution is -2.37. The molecule has 1 atom stereocenters. The molecule has 102 valence electrons. The Bertz CT molecular complexity index is 356. The summed E-state index contributed by atoms with van der Waals surface area (Å²) in [7, 11) is 0. The number of hydrogen-bond donors (Lipinski definition) is 1. The van der Waals surface area contributed by atoms with Gasteiger partial charge in [0.15, 0.2) is 0 Å². The molecule has 18 heavy (non-hydrogen) atoms. The zero-order chi connectivity index (χ0) is 12.8. The molecule has 0 spiro atoms. The quantitative estimate of drug-likeness (QED) is 0.802. The average molecular weight is 269 g/mol. The summed E-state index contributed by atoms with van der Waals surface area (Å²) in [4.78, 5) is 8.24. The van der Waals surface area contributed by atoms with Crippen LogP contribution >= 0.6 is 11.3 Å². The largest absolute Gasteiger partial charge is 0.368 e. The lowest BCUT2D eigenvalue weighted by molar-refractivity contribution is -0.0282. The van der Waals surface area contributed by atoms with Gasteiger partial charge in [-0.25, -0.2) is 4.98 Å².